The van der Waals surface area contributed by atoms with Crippen LogP contribution in [0.15, 0.2) is 358 Å². The van der Waals surface area contributed by atoms with Crippen LogP contribution in [0.3, 0.4) is 0 Å². The summed E-state index contributed by atoms with van der Waals surface area (Å²) in [5, 5.41) is 4.58. The van der Waals surface area contributed by atoms with Gasteiger partial charge in [-0.25, -0.2) is 54.2 Å². The van der Waals surface area contributed by atoms with Gasteiger partial charge in [-0.05, 0) is 308 Å². The Kier molecular flexibility index (Phi) is 30.4. The van der Waals surface area contributed by atoms with Gasteiger partial charge in [0.2, 0.25) is 0 Å². The Bertz CT molecular complexity index is 9170. The molecule has 0 spiro atoms. The number of hydrogen-bond acceptors (Lipinski definition) is 17. The Morgan fingerprint density at radius 1 is 0.264 bits per heavy atom. The SMILES string of the molecule is C#Cc1ccc(-n2c(/C=C/c3cc(OC)c(C)c(OC)c3)nc3ncccc3c2=O)cc1.C#Cc1ccc(-n2c(/C=C/c3ccc(C)c(F)c3)nc3ncccc3c2=O)cc1.C#Cc1ccc(-n2c(/C=C/c3ccc(C)cc3)nc3ncccc3c2=O)cc1.C#Cc1ccc(-n2c(/C=C/c3ccc(C)cc3)nc3ncccc3c2=O)cc1.C#Cc1ccc(-n2c(/C=C/c3ccc4ccccc4c3)nc3ncccc3c2=O)cc1. The molecule has 0 amide bonds. The number of halogens is 1. The van der Waals surface area contributed by atoms with E-state index in [1.165, 1.54) is 27.1 Å². The number of methoxy groups -OCH3 is 2. The highest BCUT2D eigenvalue weighted by molar-refractivity contribution is 5.88. The van der Waals surface area contributed by atoms with E-state index in [1.807, 2.05) is 215 Å². The van der Waals surface area contributed by atoms with E-state index < -0.39 is 0 Å². The third kappa shape index (κ3) is 22.6. The zero-order valence-corrected chi connectivity index (χ0v) is 80.9. The van der Waals surface area contributed by atoms with Crippen LogP contribution in [0, 0.1) is 95.2 Å². The maximum atomic E-state index is 13.9. The first-order valence-corrected chi connectivity index (χ1v) is 46.4. The predicted molar refractivity (Wildman–Crippen MR) is 592 cm³/mol. The van der Waals surface area contributed by atoms with Crippen molar-refractivity contribution in [2.24, 2.45) is 0 Å². The van der Waals surface area contributed by atoms with E-state index >= 15 is 0 Å². The molecule has 0 saturated carbocycles. The van der Waals surface area contributed by atoms with Crippen LogP contribution in [-0.4, -0.2) is 86.9 Å². The van der Waals surface area contributed by atoms with E-state index in [-0.39, 0.29) is 33.6 Å². The van der Waals surface area contributed by atoms with Gasteiger partial charge in [-0.1, -0.05) is 168 Å². The van der Waals surface area contributed by atoms with Crippen LogP contribution in [0.1, 0.15) is 107 Å². The Morgan fingerprint density at radius 3 is 0.784 bits per heavy atom. The molecule has 0 saturated heterocycles. The molecule has 0 atom stereocenters. The van der Waals surface area contributed by atoms with Crippen molar-refractivity contribution in [3.63, 3.8) is 0 Å². The number of terminal acetylenes is 5. The molecule has 0 bridgehead atoms. The monoisotopic (exact) mass is 1930 g/mol. The van der Waals surface area contributed by atoms with Crippen LogP contribution in [0.5, 0.6) is 11.5 Å². The second-order valence-electron chi connectivity index (χ2n) is 33.5. The van der Waals surface area contributed by atoms with Crippen molar-refractivity contribution in [3.05, 3.63) is 499 Å². The van der Waals surface area contributed by atoms with Crippen LogP contribution >= 0.6 is 0 Å². The molecule has 0 fully saturated rings. The Balaban J connectivity index is 0.000000126. The van der Waals surface area contributed by atoms with Gasteiger partial charge in [-0.2, -0.15) is 0 Å². The number of rotatable bonds is 17. The minimum absolute atomic E-state index is 0.171. The molecule has 0 aliphatic heterocycles. The molecular weight excluding hydrogens is 1840 g/mol. The molecule has 10 heterocycles. The van der Waals surface area contributed by atoms with Gasteiger partial charge in [-0.3, -0.25) is 46.8 Å². The van der Waals surface area contributed by atoms with Crippen molar-refractivity contribution in [2.75, 3.05) is 14.2 Å². The van der Waals surface area contributed by atoms with Crippen molar-refractivity contribution < 1.29 is 13.9 Å². The number of aryl methyl sites for hydroxylation is 3. The average Bonchev–Trinajstić information content (AvgIpc) is 0.787. The normalized spacial score (nSPS) is 11.0. The molecule has 23 heteroatoms. The number of benzene rings is 11. The third-order valence-corrected chi connectivity index (χ3v) is 23.8. The molecule has 0 unspecified atom stereocenters. The van der Waals surface area contributed by atoms with E-state index in [4.69, 9.17) is 41.6 Å². The fraction of sp³-hybridized carbons (Fsp3) is 0.0480. The number of fused-ring (bicyclic) bond motifs is 6. The smallest absolute Gasteiger partial charge is 0.267 e. The zero-order chi connectivity index (χ0) is 103. The first-order valence-electron chi connectivity index (χ1n) is 46.4. The highest BCUT2D eigenvalue weighted by atomic mass is 19.1. The fourth-order valence-electron chi connectivity index (χ4n) is 16.0. The van der Waals surface area contributed by atoms with Crippen molar-refractivity contribution in [1.29, 1.82) is 0 Å². The number of ether oxygens (including phenoxy) is 2. The second-order valence-corrected chi connectivity index (χ2v) is 33.5. The van der Waals surface area contributed by atoms with Gasteiger partial charge >= 0.3 is 0 Å². The molecule has 0 aliphatic carbocycles. The topological polar surface area (TPSA) is 257 Å². The van der Waals surface area contributed by atoms with E-state index in [1.54, 1.807) is 210 Å². The van der Waals surface area contributed by atoms with Gasteiger partial charge < -0.3 is 9.47 Å². The maximum absolute atomic E-state index is 13.9. The van der Waals surface area contributed by atoms with Gasteiger partial charge in [0.1, 0.15) is 46.4 Å². The highest BCUT2D eigenvalue weighted by Crippen LogP contribution is 2.32. The molecule has 0 N–H and O–H groups in total. The number of nitrogens with zero attached hydrogens (tertiary/aromatic N) is 15. The molecule has 0 aliphatic rings. The number of hydrogen-bond donors (Lipinski definition) is 0. The summed E-state index contributed by atoms with van der Waals surface area (Å²) in [6.07, 6.45) is 53.7. The van der Waals surface area contributed by atoms with Crippen molar-refractivity contribution >= 4 is 127 Å². The maximum Gasteiger partial charge on any atom is 0.267 e. The van der Waals surface area contributed by atoms with Crippen LogP contribution in [-0.2, 0) is 0 Å². The summed E-state index contributed by atoms with van der Waals surface area (Å²) in [7, 11) is 3.23. The third-order valence-electron chi connectivity index (χ3n) is 23.8. The first kappa shape index (κ1) is 98.8. The minimum atomic E-state index is -0.289. The molecule has 22 nitrogen and oxygen atoms in total. The minimum Gasteiger partial charge on any atom is -0.496 e. The van der Waals surface area contributed by atoms with Crippen LogP contribution in [0.2, 0.25) is 0 Å². The van der Waals surface area contributed by atoms with Gasteiger partial charge in [0.05, 0.1) is 69.6 Å². The lowest BCUT2D eigenvalue weighted by Crippen LogP contribution is -2.22. The lowest BCUT2D eigenvalue weighted by atomic mass is 10.1. The van der Waals surface area contributed by atoms with Crippen LogP contribution in [0.4, 0.5) is 4.39 Å². The number of pyridine rings is 5. The largest absolute Gasteiger partial charge is 0.496 e. The molecule has 21 rings (SSSR count). The van der Waals surface area contributed by atoms with E-state index in [0.717, 1.165) is 55.5 Å². The summed E-state index contributed by atoms with van der Waals surface area (Å²) < 4.78 is 32.6. The van der Waals surface area contributed by atoms with Gasteiger partial charge in [0.15, 0.2) is 28.2 Å². The zero-order valence-electron chi connectivity index (χ0n) is 80.9. The van der Waals surface area contributed by atoms with E-state index in [9.17, 15) is 28.4 Å². The quantitative estimate of drug-likeness (QED) is 0.0767. The van der Waals surface area contributed by atoms with Crippen molar-refractivity contribution in [2.45, 2.75) is 27.7 Å². The Labute approximate surface area is 850 Å². The summed E-state index contributed by atoms with van der Waals surface area (Å²) in [5.74, 6) is 16.4. The number of aromatic nitrogens is 15. The lowest BCUT2D eigenvalue weighted by molar-refractivity contribution is 0.388. The summed E-state index contributed by atoms with van der Waals surface area (Å²) >= 11 is 0. The van der Waals surface area contributed by atoms with E-state index in [0.29, 0.717) is 141 Å². The Morgan fingerprint density at radius 2 is 0.514 bits per heavy atom. The molecule has 0 radical (unpaired) electrons. The summed E-state index contributed by atoms with van der Waals surface area (Å²) in [6.45, 7) is 7.72. The van der Waals surface area contributed by atoms with Crippen molar-refractivity contribution in [3.8, 4) is 102 Å². The van der Waals surface area contributed by atoms with Gasteiger partial charge in [0.25, 0.3) is 27.8 Å². The lowest BCUT2D eigenvalue weighted by Gasteiger charge is -2.12. The van der Waals surface area contributed by atoms with Crippen LogP contribution in [0.25, 0.3) is 155 Å². The summed E-state index contributed by atoms with van der Waals surface area (Å²) in [6, 6.07) is 92.7. The summed E-state index contributed by atoms with van der Waals surface area (Å²) in [5.41, 5.74) is 16.5. The second kappa shape index (κ2) is 45.6. The molecular formula is C125H88FN15O7. The molecule has 712 valence electrons. The standard InChI is InChI=1S/C27H17N3O.C26H21N3O3.C24H16FN3O.2C24H17N3O/c1-2-19-10-14-23(15-11-19)30-25(29-26-24(27(30)31)8-5-17-28-26)16-12-20-9-13-21-6-3-4-7-22(21)18-20;1-5-18-8-11-20(12-9-18)29-24(28-25-21(26(29)30)7-6-14-27-25)13-10-19-15-22(31-3)17(2)23(16-19)32-4;1-3-17-8-11-19(12-9-17)28-22(13-10-18-7-6-16(2)21(25)15-18)27-23-20(24(28)29)5-4-14-26-23;2*1-3-18-10-13-20(14-11-18)27-22(15-12-19-8-6-17(2)7-9-19)26-23-21(24(27)28)5-4-16-25-23/h1,3-18H;1,6-16H,2-4H3;1,4-15H,2H3;2*1,4-16H,2H3/b16-12+;2*13-10+;2*15-12+. The predicted octanol–water partition coefficient (Wildman–Crippen LogP) is 22.2. The molecule has 148 heavy (non-hydrogen) atoms. The van der Waals surface area contributed by atoms with Crippen LogP contribution < -0.4 is 37.3 Å². The molecule has 21 aromatic rings. The Hall–Kier alpha value is -20.8. The van der Waals surface area contributed by atoms with E-state index in [2.05, 4.69) is 104 Å². The molecule has 11 aromatic carbocycles. The molecule has 10 aromatic heterocycles. The highest BCUT2D eigenvalue weighted by Gasteiger charge is 2.20. The van der Waals surface area contributed by atoms with Gasteiger partial charge in [0, 0.05) is 64.4 Å². The first-order chi connectivity index (χ1) is 72.1. The summed E-state index contributed by atoms with van der Waals surface area (Å²) in [4.78, 5) is 110. The fourth-order valence-corrected chi connectivity index (χ4v) is 16.0. The van der Waals surface area contributed by atoms with Gasteiger partial charge in [-0.15, -0.1) is 32.1 Å². The average molecular weight is 1930 g/mol. The van der Waals surface area contributed by atoms with Crippen molar-refractivity contribution in [1.82, 2.24) is 72.7 Å².